The Balaban J connectivity index is 2.59. The summed E-state index contributed by atoms with van der Waals surface area (Å²) in [6.45, 7) is 8.24. The van der Waals surface area contributed by atoms with Crippen LogP contribution in [0.3, 0.4) is 0 Å². The van der Waals surface area contributed by atoms with Crippen molar-refractivity contribution in [2.24, 2.45) is 5.92 Å². The molecular formula is C15H29N3O3. The molecule has 6 nitrogen and oxygen atoms in total. The third-order valence-electron chi connectivity index (χ3n) is 3.70. The molecule has 6 heteroatoms. The summed E-state index contributed by atoms with van der Waals surface area (Å²) >= 11 is 0. The number of amides is 2. The number of nitrogens with zero attached hydrogens (tertiary/aromatic N) is 2. The fourth-order valence-electron chi connectivity index (χ4n) is 2.50. The van der Waals surface area contributed by atoms with Gasteiger partial charge in [0.1, 0.15) is 12.1 Å². The first-order valence-corrected chi connectivity index (χ1v) is 7.71. The van der Waals surface area contributed by atoms with E-state index in [1.807, 2.05) is 39.8 Å². The highest BCUT2D eigenvalue weighted by molar-refractivity contribution is 5.97. The van der Waals surface area contributed by atoms with Crippen LogP contribution in [0, 0.1) is 5.92 Å². The quantitative estimate of drug-likeness (QED) is 0.656. The summed E-state index contributed by atoms with van der Waals surface area (Å²) in [6.07, 6.45) is 0.618. The molecule has 0 aromatic rings. The van der Waals surface area contributed by atoms with Crippen LogP contribution in [0.25, 0.3) is 0 Å². The summed E-state index contributed by atoms with van der Waals surface area (Å²) in [7, 11) is 3.98. The summed E-state index contributed by atoms with van der Waals surface area (Å²) in [6, 6.07) is -0.785. The maximum Gasteiger partial charge on any atom is 0.245 e. The van der Waals surface area contributed by atoms with Crippen LogP contribution in [0.5, 0.6) is 0 Å². The van der Waals surface area contributed by atoms with Crippen molar-refractivity contribution in [2.75, 3.05) is 40.4 Å². The molecule has 0 aromatic carbocycles. The number of rotatable bonds is 8. The molecule has 1 heterocycles. The second-order valence-corrected chi connectivity index (χ2v) is 6.11. The van der Waals surface area contributed by atoms with Gasteiger partial charge in [-0.15, -0.1) is 0 Å². The van der Waals surface area contributed by atoms with Gasteiger partial charge in [-0.05, 0) is 26.4 Å². The number of hydrogen-bond acceptors (Lipinski definition) is 4. The Morgan fingerprint density at radius 3 is 2.48 bits per heavy atom. The van der Waals surface area contributed by atoms with E-state index in [-0.39, 0.29) is 17.7 Å². The monoisotopic (exact) mass is 299 g/mol. The van der Waals surface area contributed by atoms with E-state index < -0.39 is 12.1 Å². The van der Waals surface area contributed by atoms with Crippen LogP contribution in [0.1, 0.15) is 27.2 Å². The number of ether oxygens (including phenoxy) is 1. The van der Waals surface area contributed by atoms with Crippen molar-refractivity contribution in [3.63, 3.8) is 0 Å². The average molecular weight is 299 g/mol. The summed E-state index contributed by atoms with van der Waals surface area (Å²) in [5.74, 6) is 0.0466. The molecule has 0 bridgehead atoms. The fourth-order valence-corrected chi connectivity index (χ4v) is 2.50. The highest BCUT2D eigenvalue weighted by atomic mass is 16.5. The smallest absolute Gasteiger partial charge is 0.245 e. The number of nitrogens with one attached hydrogen (secondary N) is 1. The lowest BCUT2D eigenvalue weighted by atomic mass is 9.96. The van der Waals surface area contributed by atoms with Gasteiger partial charge in [0.25, 0.3) is 0 Å². The summed E-state index contributed by atoms with van der Waals surface area (Å²) in [5.41, 5.74) is 0. The Kier molecular flexibility index (Phi) is 7.11. The highest BCUT2D eigenvalue weighted by Gasteiger charge is 2.40. The molecule has 0 saturated carbocycles. The Morgan fingerprint density at radius 2 is 1.95 bits per heavy atom. The van der Waals surface area contributed by atoms with E-state index in [0.29, 0.717) is 26.2 Å². The zero-order chi connectivity index (χ0) is 16.0. The Morgan fingerprint density at radius 1 is 1.29 bits per heavy atom. The molecule has 1 aliphatic heterocycles. The van der Waals surface area contributed by atoms with Gasteiger partial charge in [0, 0.05) is 13.1 Å². The van der Waals surface area contributed by atoms with E-state index in [4.69, 9.17) is 4.74 Å². The number of carbonyl (C=O) groups excluding carboxylic acids is 2. The van der Waals surface area contributed by atoms with Gasteiger partial charge in [-0.3, -0.25) is 9.59 Å². The molecule has 0 aliphatic carbocycles. The Labute approximate surface area is 127 Å². The molecular weight excluding hydrogens is 270 g/mol. The van der Waals surface area contributed by atoms with Gasteiger partial charge in [-0.1, -0.05) is 20.8 Å². The number of carbonyl (C=O) groups is 2. The van der Waals surface area contributed by atoms with Gasteiger partial charge in [0.05, 0.1) is 13.2 Å². The first-order valence-electron chi connectivity index (χ1n) is 7.71. The molecule has 1 fully saturated rings. The van der Waals surface area contributed by atoms with E-state index >= 15 is 0 Å². The molecule has 0 spiro atoms. The summed E-state index contributed by atoms with van der Waals surface area (Å²) < 4.78 is 5.56. The topological polar surface area (TPSA) is 61.9 Å². The molecule has 2 amide bonds. The molecule has 2 unspecified atom stereocenters. The van der Waals surface area contributed by atoms with Crippen LogP contribution >= 0.6 is 0 Å². The average Bonchev–Trinajstić information content (AvgIpc) is 2.40. The van der Waals surface area contributed by atoms with Crippen LogP contribution in [0.15, 0.2) is 0 Å². The molecule has 1 N–H and O–H groups in total. The first kappa shape index (κ1) is 17.9. The second kappa shape index (κ2) is 8.34. The second-order valence-electron chi connectivity index (χ2n) is 6.11. The lowest BCUT2D eigenvalue weighted by Crippen LogP contribution is -2.65. The molecule has 1 saturated heterocycles. The molecule has 0 radical (unpaired) electrons. The van der Waals surface area contributed by atoms with Gasteiger partial charge in [0.2, 0.25) is 11.8 Å². The molecule has 1 aliphatic rings. The minimum absolute atomic E-state index is 0.00649. The first-order chi connectivity index (χ1) is 9.88. The van der Waals surface area contributed by atoms with Gasteiger partial charge >= 0.3 is 0 Å². The Bertz CT molecular complexity index is 358. The number of likely N-dealkylation sites (N-methyl/N-ethyl adjacent to an activating group) is 1. The van der Waals surface area contributed by atoms with Crippen molar-refractivity contribution < 1.29 is 14.3 Å². The number of piperazine rings is 1. The molecule has 1 rings (SSSR count). The van der Waals surface area contributed by atoms with Crippen LogP contribution in [0.4, 0.5) is 0 Å². The van der Waals surface area contributed by atoms with E-state index in [1.54, 1.807) is 4.90 Å². The third kappa shape index (κ3) is 4.97. The summed E-state index contributed by atoms with van der Waals surface area (Å²) in [4.78, 5) is 28.4. The maximum absolute atomic E-state index is 12.4. The van der Waals surface area contributed by atoms with E-state index in [1.165, 1.54) is 0 Å². The minimum atomic E-state index is -0.394. The molecule has 0 aromatic heterocycles. The van der Waals surface area contributed by atoms with E-state index in [9.17, 15) is 9.59 Å². The van der Waals surface area contributed by atoms with Crippen LogP contribution in [-0.2, 0) is 14.3 Å². The lowest BCUT2D eigenvalue weighted by Gasteiger charge is -2.40. The third-order valence-corrected chi connectivity index (χ3v) is 3.70. The molecule has 2 atom stereocenters. The van der Waals surface area contributed by atoms with Crippen LogP contribution in [-0.4, -0.2) is 74.1 Å². The van der Waals surface area contributed by atoms with Crippen molar-refractivity contribution in [1.29, 1.82) is 0 Å². The molecule has 21 heavy (non-hydrogen) atoms. The highest BCUT2D eigenvalue weighted by Crippen LogP contribution is 2.18. The Hall–Kier alpha value is -1.14. The van der Waals surface area contributed by atoms with Crippen LogP contribution in [0.2, 0.25) is 0 Å². The van der Waals surface area contributed by atoms with Crippen molar-refractivity contribution in [1.82, 2.24) is 15.1 Å². The normalized spacial score (nSPS) is 23.1. The van der Waals surface area contributed by atoms with Gasteiger partial charge in [0.15, 0.2) is 0 Å². The standard InChI is InChI=1S/C15H29N3O3/c1-6-12-15(20)18(8-10-21-9-7-17(4)5)13(11(2)3)14(19)16-12/h11-13H,6-10H2,1-5H3,(H,16,19). The zero-order valence-corrected chi connectivity index (χ0v) is 13.9. The van der Waals surface area contributed by atoms with Crippen molar-refractivity contribution in [3.05, 3.63) is 0 Å². The van der Waals surface area contributed by atoms with Crippen LogP contribution < -0.4 is 5.32 Å². The van der Waals surface area contributed by atoms with Gasteiger partial charge in [-0.2, -0.15) is 0 Å². The predicted octanol–water partition coefficient (Wildman–Crippen LogP) is 0.326. The fraction of sp³-hybridized carbons (Fsp3) is 0.867. The van der Waals surface area contributed by atoms with E-state index in [0.717, 1.165) is 6.54 Å². The summed E-state index contributed by atoms with van der Waals surface area (Å²) in [5, 5.41) is 2.82. The maximum atomic E-state index is 12.4. The van der Waals surface area contributed by atoms with Gasteiger partial charge in [-0.25, -0.2) is 0 Å². The minimum Gasteiger partial charge on any atom is -0.378 e. The van der Waals surface area contributed by atoms with Crippen molar-refractivity contribution >= 4 is 11.8 Å². The largest absolute Gasteiger partial charge is 0.378 e. The predicted molar refractivity (Wildman–Crippen MR) is 81.9 cm³/mol. The molecule has 122 valence electrons. The lowest BCUT2D eigenvalue weighted by molar-refractivity contribution is -0.152. The van der Waals surface area contributed by atoms with Crippen molar-refractivity contribution in [2.45, 2.75) is 39.3 Å². The SMILES string of the molecule is CCC1NC(=O)C(C(C)C)N(CCOCCN(C)C)C1=O. The van der Waals surface area contributed by atoms with E-state index in [2.05, 4.69) is 5.32 Å². The zero-order valence-electron chi connectivity index (χ0n) is 13.9. The van der Waals surface area contributed by atoms with Gasteiger partial charge < -0.3 is 19.9 Å². The number of hydrogen-bond donors (Lipinski definition) is 1. The van der Waals surface area contributed by atoms with Crippen molar-refractivity contribution in [3.8, 4) is 0 Å².